The molecule has 0 saturated heterocycles. The van der Waals surface area contributed by atoms with Gasteiger partial charge in [-0.1, -0.05) is 0 Å². The van der Waals surface area contributed by atoms with Crippen LogP contribution in [-0.4, -0.2) is 4.98 Å². The third-order valence-corrected chi connectivity index (χ3v) is 1.90. The summed E-state index contributed by atoms with van der Waals surface area (Å²) in [7, 11) is 0. The highest BCUT2D eigenvalue weighted by Gasteiger charge is 1.97. The molecule has 0 radical (unpaired) electrons. The Balaban J connectivity index is 2.91. The normalized spacial score (nSPS) is 10.6. The number of hydrogen-bond acceptors (Lipinski definition) is 1. The first kappa shape index (κ1) is 6.28. The molecule has 2 nitrogen and oxygen atoms in total. The summed E-state index contributed by atoms with van der Waals surface area (Å²) < 4.78 is 0. The number of aromatic nitrogens is 1. The molecule has 1 aromatic carbocycles. The number of fused-ring (bicyclic) bond motifs is 1. The molecule has 0 spiro atoms. The minimum atomic E-state index is 0.817. The highest BCUT2D eigenvalue weighted by Crippen LogP contribution is 2.19. The van der Waals surface area contributed by atoms with Crippen molar-refractivity contribution in [2.45, 2.75) is 6.92 Å². The first-order valence-electron chi connectivity index (χ1n) is 3.60. The van der Waals surface area contributed by atoms with Crippen LogP contribution in [0.1, 0.15) is 5.56 Å². The molecule has 2 rings (SSSR count). The Morgan fingerprint density at radius 2 is 2.18 bits per heavy atom. The third kappa shape index (κ3) is 0.871. The maximum atomic E-state index is 5.66. The summed E-state index contributed by atoms with van der Waals surface area (Å²) >= 11 is 0. The number of aromatic amines is 1. The number of anilines is 1. The molecule has 0 fully saturated rings. The van der Waals surface area contributed by atoms with Crippen molar-refractivity contribution in [1.29, 1.82) is 0 Å². The molecular weight excluding hydrogens is 136 g/mol. The first-order valence-corrected chi connectivity index (χ1v) is 3.60. The summed E-state index contributed by atoms with van der Waals surface area (Å²) in [6.45, 7) is 2.06. The van der Waals surface area contributed by atoms with Gasteiger partial charge in [0.25, 0.3) is 0 Å². The zero-order valence-corrected chi connectivity index (χ0v) is 6.39. The van der Waals surface area contributed by atoms with Crippen molar-refractivity contribution >= 4 is 16.6 Å². The molecule has 0 unspecified atom stereocenters. The summed E-state index contributed by atoms with van der Waals surface area (Å²) in [5.74, 6) is 0. The molecule has 2 heteroatoms. The quantitative estimate of drug-likeness (QED) is 0.549. The molecule has 0 atom stereocenters. The Morgan fingerprint density at radius 1 is 1.36 bits per heavy atom. The molecule has 0 saturated carbocycles. The van der Waals surface area contributed by atoms with Gasteiger partial charge in [-0.2, -0.15) is 0 Å². The monoisotopic (exact) mass is 146 g/mol. The van der Waals surface area contributed by atoms with Crippen LogP contribution in [0.25, 0.3) is 10.9 Å². The summed E-state index contributed by atoms with van der Waals surface area (Å²) in [6, 6.07) is 5.99. The van der Waals surface area contributed by atoms with E-state index in [9.17, 15) is 0 Å². The lowest BCUT2D eigenvalue weighted by molar-refractivity contribution is 1.47. The molecule has 1 heterocycles. The second-order valence-corrected chi connectivity index (χ2v) is 2.78. The van der Waals surface area contributed by atoms with Crippen LogP contribution in [0.15, 0.2) is 24.4 Å². The van der Waals surface area contributed by atoms with Gasteiger partial charge in [-0.3, -0.25) is 0 Å². The second kappa shape index (κ2) is 2.02. The van der Waals surface area contributed by atoms with Crippen LogP contribution in [-0.2, 0) is 0 Å². The molecule has 0 aliphatic heterocycles. The van der Waals surface area contributed by atoms with Crippen LogP contribution < -0.4 is 5.73 Å². The molecule has 56 valence electrons. The van der Waals surface area contributed by atoms with E-state index in [4.69, 9.17) is 5.73 Å². The average molecular weight is 146 g/mol. The molecular formula is C9H10N2. The van der Waals surface area contributed by atoms with Gasteiger partial charge in [0.05, 0.1) is 0 Å². The predicted octanol–water partition coefficient (Wildman–Crippen LogP) is 2.06. The van der Waals surface area contributed by atoms with Crippen molar-refractivity contribution in [3.8, 4) is 0 Å². The molecule has 0 bridgehead atoms. The van der Waals surface area contributed by atoms with Crippen molar-refractivity contribution < 1.29 is 0 Å². The maximum Gasteiger partial charge on any atom is 0.0477 e. The number of aryl methyl sites for hydroxylation is 1. The molecule has 0 amide bonds. The van der Waals surface area contributed by atoms with E-state index in [1.807, 2.05) is 18.3 Å². The van der Waals surface area contributed by atoms with Gasteiger partial charge in [-0.05, 0) is 30.7 Å². The highest BCUT2D eigenvalue weighted by atomic mass is 14.7. The number of H-pyrrole nitrogens is 1. The highest BCUT2D eigenvalue weighted by molar-refractivity contribution is 5.85. The van der Waals surface area contributed by atoms with Crippen molar-refractivity contribution in [1.82, 2.24) is 4.98 Å². The zero-order valence-electron chi connectivity index (χ0n) is 6.39. The lowest BCUT2D eigenvalue weighted by atomic mass is 10.1. The standard InChI is InChI=1S/C9H10N2/c1-6-4-7(10)5-9-8(6)2-3-11-9/h2-5,11H,10H2,1H3. The van der Waals surface area contributed by atoms with Gasteiger partial charge < -0.3 is 10.7 Å². The topological polar surface area (TPSA) is 41.8 Å². The molecule has 3 N–H and O–H groups in total. The Labute approximate surface area is 65.0 Å². The fourth-order valence-electron chi connectivity index (χ4n) is 1.38. The smallest absolute Gasteiger partial charge is 0.0477 e. The molecule has 0 aliphatic carbocycles. The SMILES string of the molecule is Cc1cc(N)cc2[nH]ccc12. The van der Waals surface area contributed by atoms with Crippen LogP contribution in [0, 0.1) is 6.92 Å². The van der Waals surface area contributed by atoms with Crippen LogP contribution >= 0.6 is 0 Å². The molecule has 11 heavy (non-hydrogen) atoms. The van der Waals surface area contributed by atoms with E-state index in [1.54, 1.807) is 0 Å². The lowest BCUT2D eigenvalue weighted by Crippen LogP contribution is -1.85. The fourth-order valence-corrected chi connectivity index (χ4v) is 1.38. The number of benzene rings is 1. The Morgan fingerprint density at radius 3 is 3.00 bits per heavy atom. The fraction of sp³-hybridized carbons (Fsp3) is 0.111. The number of rotatable bonds is 0. The number of hydrogen-bond donors (Lipinski definition) is 2. The van der Waals surface area contributed by atoms with E-state index < -0.39 is 0 Å². The maximum absolute atomic E-state index is 5.66. The van der Waals surface area contributed by atoms with Gasteiger partial charge in [0.1, 0.15) is 0 Å². The summed E-state index contributed by atoms with van der Waals surface area (Å²) in [5, 5.41) is 1.25. The molecule has 2 aromatic rings. The van der Waals surface area contributed by atoms with Crippen molar-refractivity contribution in [2.24, 2.45) is 0 Å². The average Bonchev–Trinajstić information content (AvgIpc) is 2.34. The number of nitrogens with two attached hydrogens (primary N) is 1. The van der Waals surface area contributed by atoms with E-state index >= 15 is 0 Å². The third-order valence-electron chi connectivity index (χ3n) is 1.90. The van der Waals surface area contributed by atoms with Crippen LogP contribution in [0.3, 0.4) is 0 Å². The van der Waals surface area contributed by atoms with Gasteiger partial charge in [0.15, 0.2) is 0 Å². The van der Waals surface area contributed by atoms with E-state index in [1.165, 1.54) is 10.9 Å². The predicted molar refractivity (Wildman–Crippen MR) is 47.4 cm³/mol. The Hall–Kier alpha value is -1.44. The Kier molecular flexibility index (Phi) is 1.15. The molecule has 0 aliphatic rings. The van der Waals surface area contributed by atoms with Gasteiger partial charge >= 0.3 is 0 Å². The largest absolute Gasteiger partial charge is 0.399 e. The second-order valence-electron chi connectivity index (χ2n) is 2.78. The lowest BCUT2D eigenvalue weighted by Gasteiger charge is -1.97. The summed E-state index contributed by atoms with van der Waals surface area (Å²) in [5.41, 5.74) is 8.82. The van der Waals surface area contributed by atoms with E-state index in [0.29, 0.717) is 0 Å². The first-order chi connectivity index (χ1) is 5.27. The van der Waals surface area contributed by atoms with Crippen LogP contribution in [0.5, 0.6) is 0 Å². The van der Waals surface area contributed by atoms with Crippen LogP contribution in [0.2, 0.25) is 0 Å². The summed E-state index contributed by atoms with van der Waals surface area (Å²) in [4.78, 5) is 3.12. The van der Waals surface area contributed by atoms with Crippen LogP contribution in [0.4, 0.5) is 5.69 Å². The van der Waals surface area contributed by atoms with E-state index in [-0.39, 0.29) is 0 Å². The van der Waals surface area contributed by atoms with Gasteiger partial charge in [0, 0.05) is 22.8 Å². The number of nitrogens with one attached hydrogen (secondary N) is 1. The number of nitrogen functional groups attached to an aromatic ring is 1. The van der Waals surface area contributed by atoms with Gasteiger partial charge in [-0.25, -0.2) is 0 Å². The Bertz CT molecular complexity index is 387. The van der Waals surface area contributed by atoms with Gasteiger partial charge in [0.2, 0.25) is 0 Å². The molecule has 1 aromatic heterocycles. The summed E-state index contributed by atoms with van der Waals surface area (Å²) in [6.07, 6.45) is 1.93. The minimum Gasteiger partial charge on any atom is -0.399 e. The zero-order chi connectivity index (χ0) is 7.84. The van der Waals surface area contributed by atoms with Crippen molar-refractivity contribution in [2.75, 3.05) is 5.73 Å². The van der Waals surface area contributed by atoms with E-state index in [0.717, 1.165) is 11.2 Å². The van der Waals surface area contributed by atoms with Gasteiger partial charge in [-0.15, -0.1) is 0 Å². The van der Waals surface area contributed by atoms with Crippen molar-refractivity contribution in [3.05, 3.63) is 30.0 Å². The minimum absolute atomic E-state index is 0.817. The van der Waals surface area contributed by atoms with Crippen molar-refractivity contribution in [3.63, 3.8) is 0 Å². The van der Waals surface area contributed by atoms with E-state index in [2.05, 4.69) is 18.0 Å².